The third kappa shape index (κ3) is 5.92. The van der Waals surface area contributed by atoms with Crippen LogP contribution in [0, 0.1) is 0 Å². The second-order valence-corrected chi connectivity index (χ2v) is 6.68. The number of hydrogen-bond donors (Lipinski definition) is 1. The molecule has 2 atom stereocenters. The number of carbonyl (C=O) groups excluding carboxylic acids is 2. The summed E-state index contributed by atoms with van der Waals surface area (Å²) in [4.78, 5) is 24.9. The van der Waals surface area contributed by atoms with Crippen molar-refractivity contribution in [1.82, 2.24) is 0 Å². The van der Waals surface area contributed by atoms with Gasteiger partial charge in [0.2, 0.25) is 0 Å². The first-order chi connectivity index (χ1) is 14.3. The fraction of sp³-hybridized carbons (Fsp3) is 0.364. The van der Waals surface area contributed by atoms with E-state index < -0.39 is 24.6 Å². The molecule has 0 heterocycles. The van der Waals surface area contributed by atoms with E-state index in [0.29, 0.717) is 5.69 Å². The highest BCUT2D eigenvalue weighted by atomic mass is 19.3. The fourth-order valence-electron chi connectivity index (χ4n) is 2.76. The quantitative estimate of drug-likeness (QED) is 0.577. The molecule has 2 aromatic rings. The van der Waals surface area contributed by atoms with Crippen LogP contribution in [0.2, 0.25) is 0 Å². The minimum atomic E-state index is -3.03. The van der Waals surface area contributed by atoms with Crippen molar-refractivity contribution in [3.8, 4) is 11.5 Å². The Morgan fingerprint density at radius 2 is 1.77 bits per heavy atom. The Kier molecular flexibility index (Phi) is 8.15. The summed E-state index contributed by atoms with van der Waals surface area (Å²) in [6, 6.07) is 11.1. The maximum atomic E-state index is 12.5. The van der Waals surface area contributed by atoms with E-state index in [1.165, 1.54) is 32.2 Å². The summed E-state index contributed by atoms with van der Waals surface area (Å²) < 4.78 is 39.4. The second kappa shape index (κ2) is 10.6. The standard InChI is InChI=1S/C22H25F2NO5/c1-5-13(2)16-8-6-7-9-17(16)25-20(26)14(3)29-21(27)15-10-11-18(30-22(23)24)19(12-15)28-4/h6-14,22H,5H2,1-4H3,(H,25,26)/t13-,14+/m1/s1. The number of methoxy groups -OCH3 is 1. The molecule has 0 aliphatic carbocycles. The summed E-state index contributed by atoms with van der Waals surface area (Å²) in [5.41, 5.74) is 1.69. The largest absolute Gasteiger partial charge is 0.493 e. The molecule has 2 aromatic carbocycles. The Morgan fingerprint density at radius 3 is 2.40 bits per heavy atom. The molecule has 0 fully saturated rings. The van der Waals surface area contributed by atoms with Crippen LogP contribution in [0.15, 0.2) is 42.5 Å². The first kappa shape index (κ1) is 23.1. The highest BCUT2D eigenvalue weighted by Crippen LogP contribution is 2.30. The van der Waals surface area contributed by atoms with Crippen molar-refractivity contribution >= 4 is 17.6 Å². The van der Waals surface area contributed by atoms with Crippen LogP contribution in [-0.2, 0) is 9.53 Å². The average Bonchev–Trinajstić information content (AvgIpc) is 2.73. The van der Waals surface area contributed by atoms with Crippen LogP contribution in [0.4, 0.5) is 14.5 Å². The van der Waals surface area contributed by atoms with Gasteiger partial charge in [0.25, 0.3) is 5.91 Å². The van der Waals surface area contributed by atoms with Gasteiger partial charge in [-0.25, -0.2) is 4.79 Å². The summed E-state index contributed by atoms with van der Waals surface area (Å²) in [6.07, 6.45) is -0.171. The number of anilines is 1. The van der Waals surface area contributed by atoms with Gasteiger partial charge in [-0.1, -0.05) is 32.0 Å². The number of alkyl halides is 2. The van der Waals surface area contributed by atoms with E-state index in [0.717, 1.165) is 12.0 Å². The number of hydrogen-bond acceptors (Lipinski definition) is 5. The van der Waals surface area contributed by atoms with E-state index in [1.54, 1.807) is 6.07 Å². The van der Waals surface area contributed by atoms with Crippen molar-refractivity contribution in [3.63, 3.8) is 0 Å². The predicted octanol–water partition coefficient (Wildman–Crippen LogP) is 4.99. The molecule has 0 saturated heterocycles. The number of benzene rings is 2. The zero-order valence-corrected chi connectivity index (χ0v) is 17.3. The lowest BCUT2D eigenvalue weighted by atomic mass is 9.97. The molecule has 0 radical (unpaired) electrons. The van der Waals surface area contributed by atoms with E-state index in [2.05, 4.69) is 23.9 Å². The maximum Gasteiger partial charge on any atom is 0.387 e. The van der Waals surface area contributed by atoms with Gasteiger partial charge < -0.3 is 19.5 Å². The van der Waals surface area contributed by atoms with Gasteiger partial charge in [-0.3, -0.25) is 4.79 Å². The Bertz CT molecular complexity index is 888. The Labute approximate surface area is 174 Å². The number of rotatable bonds is 9. The lowest BCUT2D eigenvalue weighted by Gasteiger charge is -2.18. The zero-order chi connectivity index (χ0) is 22.3. The van der Waals surface area contributed by atoms with E-state index in [9.17, 15) is 18.4 Å². The molecule has 0 bridgehead atoms. The summed E-state index contributed by atoms with van der Waals surface area (Å²) in [6.45, 7) is 2.53. The van der Waals surface area contributed by atoms with Crippen molar-refractivity contribution in [2.45, 2.75) is 45.8 Å². The molecule has 1 amide bonds. The number of amides is 1. The Morgan fingerprint density at radius 1 is 1.07 bits per heavy atom. The molecule has 0 unspecified atom stereocenters. The summed E-state index contributed by atoms with van der Waals surface area (Å²) in [7, 11) is 1.26. The SMILES string of the molecule is CC[C@@H](C)c1ccccc1NC(=O)[C@H](C)OC(=O)c1ccc(OC(F)F)c(OC)c1. The first-order valence-corrected chi connectivity index (χ1v) is 9.50. The minimum absolute atomic E-state index is 0.0353. The normalized spacial score (nSPS) is 12.8. The van der Waals surface area contributed by atoms with Crippen molar-refractivity contribution < 1.29 is 32.6 Å². The topological polar surface area (TPSA) is 73.9 Å². The molecule has 0 aliphatic heterocycles. The van der Waals surface area contributed by atoms with E-state index >= 15 is 0 Å². The molecule has 8 heteroatoms. The molecule has 0 aromatic heterocycles. The zero-order valence-electron chi connectivity index (χ0n) is 17.3. The highest BCUT2D eigenvalue weighted by molar-refractivity contribution is 5.98. The molecule has 162 valence electrons. The van der Waals surface area contributed by atoms with E-state index in [4.69, 9.17) is 9.47 Å². The molecular formula is C22H25F2NO5. The number of carbonyl (C=O) groups is 2. The van der Waals surface area contributed by atoms with Crippen molar-refractivity contribution in [1.29, 1.82) is 0 Å². The molecule has 6 nitrogen and oxygen atoms in total. The van der Waals surface area contributed by atoms with E-state index in [-0.39, 0.29) is 23.0 Å². The van der Waals surface area contributed by atoms with Crippen molar-refractivity contribution in [2.75, 3.05) is 12.4 Å². The maximum absolute atomic E-state index is 12.5. The number of ether oxygens (including phenoxy) is 3. The van der Waals surface area contributed by atoms with Crippen LogP contribution in [-0.4, -0.2) is 31.7 Å². The van der Waals surface area contributed by atoms with Gasteiger partial charge in [0.15, 0.2) is 17.6 Å². The van der Waals surface area contributed by atoms with Gasteiger partial charge in [-0.2, -0.15) is 8.78 Å². The molecule has 0 aliphatic rings. The molecule has 0 saturated carbocycles. The lowest BCUT2D eigenvalue weighted by Crippen LogP contribution is -2.30. The van der Waals surface area contributed by atoms with Crippen LogP contribution in [0.25, 0.3) is 0 Å². The minimum Gasteiger partial charge on any atom is -0.493 e. The average molecular weight is 421 g/mol. The number of nitrogens with one attached hydrogen (secondary N) is 1. The van der Waals surface area contributed by atoms with Gasteiger partial charge in [0.1, 0.15) is 0 Å². The summed E-state index contributed by atoms with van der Waals surface area (Å²) >= 11 is 0. The van der Waals surface area contributed by atoms with Gasteiger partial charge in [0.05, 0.1) is 12.7 Å². The number of halogens is 2. The highest BCUT2D eigenvalue weighted by Gasteiger charge is 2.22. The van der Waals surface area contributed by atoms with Gasteiger partial charge in [-0.05, 0) is 49.1 Å². The third-order valence-corrected chi connectivity index (χ3v) is 4.63. The smallest absolute Gasteiger partial charge is 0.387 e. The molecular weight excluding hydrogens is 396 g/mol. The first-order valence-electron chi connectivity index (χ1n) is 9.50. The van der Waals surface area contributed by atoms with Crippen LogP contribution in [0.5, 0.6) is 11.5 Å². The second-order valence-electron chi connectivity index (χ2n) is 6.68. The fourth-order valence-corrected chi connectivity index (χ4v) is 2.76. The molecule has 1 N–H and O–H groups in total. The lowest BCUT2D eigenvalue weighted by molar-refractivity contribution is -0.123. The van der Waals surface area contributed by atoms with Crippen LogP contribution in [0.3, 0.4) is 0 Å². The Balaban J connectivity index is 2.08. The Hall–Kier alpha value is -3.16. The number of esters is 1. The van der Waals surface area contributed by atoms with Crippen LogP contribution in [0.1, 0.15) is 49.0 Å². The molecule has 2 rings (SSSR count). The van der Waals surface area contributed by atoms with Gasteiger partial charge in [-0.15, -0.1) is 0 Å². The van der Waals surface area contributed by atoms with Crippen LogP contribution < -0.4 is 14.8 Å². The third-order valence-electron chi connectivity index (χ3n) is 4.63. The van der Waals surface area contributed by atoms with Gasteiger partial charge in [0, 0.05) is 5.69 Å². The van der Waals surface area contributed by atoms with Crippen LogP contribution >= 0.6 is 0 Å². The summed E-state index contributed by atoms with van der Waals surface area (Å²) in [5.74, 6) is -1.29. The van der Waals surface area contributed by atoms with Crippen molar-refractivity contribution in [2.24, 2.45) is 0 Å². The number of para-hydroxylation sites is 1. The predicted molar refractivity (Wildman–Crippen MR) is 108 cm³/mol. The monoisotopic (exact) mass is 421 g/mol. The van der Waals surface area contributed by atoms with Crippen molar-refractivity contribution in [3.05, 3.63) is 53.6 Å². The summed E-state index contributed by atoms with van der Waals surface area (Å²) in [5, 5.41) is 2.79. The molecule has 30 heavy (non-hydrogen) atoms. The van der Waals surface area contributed by atoms with E-state index in [1.807, 2.05) is 18.2 Å². The molecule has 0 spiro atoms. The van der Waals surface area contributed by atoms with Gasteiger partial charge >= 0.3 is 12.6 Å².